The highest BCUT2D eigenvalue weighted by molar-refractivity contribution is 7.89. The van der Waals surface area contributed by atoms with Gasteiger partial charge in [0.15, 0.2) is 0 Å². The second kappa shape index (κ2) is 6.63. The van der Waals surface area contributed by atoms with Crippen LogP contribution in [-0.2, 0) is 21.3 Å². The van der Waals surface area contributed by atoms with E-state index in [9.17, 15) is 13.2 Å². The van der Waals surface area contributed by atoms with Crippen molar-refractivity contribution in [2.24, 2.45) is 0 Å². The molecule has 1 N–H and O–H groups in total. The van der Waals surface area contributed by atoms with Gasteiger partial charge in [-0.25, -0.2) is 27.9 Å². The molecule has 22 heavy (non-hydrogen) atoms. The van der Waals surface area contributed by atoms with Crippen molar-refractivity contribution >= 4 is 16.0 Å². The molecule has 1 aromatic heterocycles. The van der Waals surface area contributed by atoms with Gasteiger partial charge in [0.25, 0.3) is 0 Å². The fourth-order valence-electron chi connectivity index (χ4n) is 1.75. The lowest BCUT2D eigenvalue weighted by Gasteiger charge is -2.07. The first-order valence-corrected chi connectivity index (χ1v) is 7.86. The lowest BCUT2D eigenvalue weighted by Crippen LogP contribution is -2.24. The largest absolute Gasteiger partial charge is 0.465 e. The summed E-state index contributed by atoms with van der Waals surface area (Å²) in [6.07, 6.45) is 1.38. The Labute approximate surface area is 128 Å². The lowest BCUT2D eigenvalue weighted by molar-refractivity contribution is 0.0600. The van der Waals surface area contributed by atoms with Gasteiger partial charge in [-0.05, 0) is 37.3 Å². The fourth-order valence-corrected chi connectivity index (χ4v) is 2.75. The second-order valence-electron chi connectivity index (χ2n) is 4.49. The maximum absolute atomic E-state index is 12.2. The van der Waals surface area contributed by atoms with E-state index in [1.54, 1.807) is 13.0 Å². The summed E-state index contributed by atoms with van der Waals surface area (Å²) < 4.78 is 31.3. The Morgan fingerprint density at radius 3 is 2.50 bits per heavy atom. The quantitative estimate of drug-likeness (QED) is 0.827. The summed E-state index contributed by atoms with van der Waals surface area (Å²) >= 11 is 0. The van der Waals surface area contributed by atoms with Gasteiger partial charge in [-0.2, -0.15) is 0 Å². The molecule has 2 aromatic rings. The number of carbonyl (C=O) groups excluding carboxylic acids is 1. The first kappa shape index (κ1) is 16.1. The molecule has 0 aliphatic carbocycles. The predicted octanol–water partition coefficient (Wildman–Crippen LogP) is 1.05. The molecule has 1 aromatic carbocycles. The molecule has 8 heteroatoms. The Bertz CT molecular complexity index is 773. The summed E-state index contributed by atoms with van der Waals surface area (Å²) in [7, 11) is -2.42. The predicted molar refractivity (Wildman–Crippen MR) is 78.6 cm³/mol. The van der Waals surface area contributed by atoms with Gasteiger partial charge in [0, 0.05) is 5.69 Å². The summed E-state index contributed by atoms with van der Waals surface area (Å²) in [5.41, 5.74) is 1.61. The first-order chi connectivity index (χ1) is 10.4. The fraction of sp³-hybridized carbons (Fsp3) is 0.214. The van der Waals surface area contributed by atoms with Crippen LogP contribution in [0.1, 0.15) is 21.7 Å². The van der Waals surface area contributed by atoms with E-state index in [0.717, 1.165) is 5.69 Å². The van der Waals surface area contributed by atoms with E-state index >= 15 is 0 Å². The number of aryl methyl sites for hydroxylation is 1. The van der Waals surface area contributed by atoms with Crippen LogP contribution < -0.4 is 4.72 Å². The Balaban J connectivity index is 2.11. The van der Waals surface area contributed by atoms with Crippen molar-refractivity contribution in [3.05, 3.63) is 53.6 Å². The van der Waals surface area contributed by atoms with Crippen molar-refractivity contribution < 1.29 is 17.9 Å². The number of esters is 1. The molecule has 1 heterocycles. The van der Waals surface area contributed by atoms with Gasteiger partial charge in [0.2, 0.25) is 10.0 Å². The number of sulfonamides is 1. The summed E-state index contributed by atoms with van der Waals surface area (Å²) in [5.74, 6) is -0.520. The average Bonchev–Trinajstić information content (AvgIpc) is 2.52. The van der Waals surface area contributed by atoms with E-state index in [1.165, 1.54) is 37.7 Å². The highest BCUT2D eigenvalue weighted by atomic mass is 32.2. The van der Waals surface area contributed by atoms with Crippen LogP contribution in [0.25, 0.3) is 0 Å². The molecule has 2 rings (SSSR count). The molecule has 0 aliphatic rings. The zero-order valence-electron chi connectivity index (χ0n) is 12.1. The Kier molecular flexibility index (Phi) is 4.84. The molecule has 0 saturated carbocycles. The van der Waals surface area contributed by atoms with Crippen molar-refractivity contribution in [2.75, 3.05) is 7.11 Å². The van der Waals surface area contributed by atoms with Crippen molar-refractivity contribution in [1.29, 1.82) is 0 Å². The van der Waals surface area contributed by atoms with E-state index in [-0.39, 0.29) is 17.0 Å². The third-order valence-electron chi connectivity index (χ3n) is 2.89. The van der Waals surface area contributed by atoms with Gasteiger partial charge in [0.05, 0.1) is 29.8 Å². The number of hydrogen-bond acceptors (Lipinski definition) is 6. The van der Waals surface area contributed by atoms with Gasteiger partial charge in [-0.15, -0.1) is 0 Å². The molecule has 0 atom stereocenters. The zero-order valence-corrected chi connectivity index (χ0v) is 12.9. The van der Waals surface area contributed by atoms with Gasteiger partial charge < -0.3 is 4.74 Å². The third-order valence-corrected chi connectivity index (χ3v) is 4.31. The molecule has 0 bridgehead atoms. The molecule has 0 spiro atoms. The highest BCUT2D eigenvalue weighted by Gasteiger charge is 2.15. The summed E-state index contributed by atoms with van der Waals surface area (Å²) in [6.45, 7) is 1.86. The van der Waals surface area contributed by atoms with E-state index in [1.807, 2.05) is 0 Å². The summed E-state index contributed by atoms with van der Waals surface area (Å²) in [4.78, 5) is 19.3. The number of nitrogens with one attached hydrogen (secondary N) is 1. The number of ether oxygens (including phenoxy) is 1. The smallest absolute Gasteiger partial charge is 0.337 e. The molecule has 0 aliphatic heterocycles. The van der Waals surface area contributed by atoms with Crippen LogP contribution in [0.5, 0.6) is 0 Å². The minimum Gasteiger partial charge on any atom is -0.465 e. The summed E-state index contributed by atoms with van der Waals surface area (Å²) in [6, 6.07) is 7.19. The first-order valence-electron chi connectivity index (χ1n) is 6.38. The van der Waals surface area contributed by atoms with Crippen LogP contribution in [0.15, 0.2) is 41.6 Å². The Morgan fingerprint density at radius 1 is 1.23 bits per heavy atom. The molecule has 0 fully saturated rings. The molecule has 0 amide bonds. The highest BCUT2D eigenvalue weighted by Crippen LogP contribution is 2.12. The number of aromatic nitrogens is 2. The minimum absolute atomic E-state index is 0.0600. The number of methoxy groups -OCH3 is 1. The number of nitrogens with zero attached hydrogens (tertiary/aromatic N) is 2. The number of carbonyl (C=O) groups is 1. The minimum atomic E-state index is -3.68. The molecule has 116 valence electrons. The molecule has 0 radical (unpaired) electrons. The maximum atomic E-state index is 12.2. The van der Waals surface area contributed by atoms with Crippen molar-refractivity contribution in [3.8, 4) is 0 Å². The van der Waals surface area contributed by atoms with Gasteiger partial charge in [0.1, 0.15) is 6.33 Å². The van der Waals surface area contributed by atoms with Gasteiger partial charge in [-0.1, -0.05) is 0 Å². The van der Waals surface area contributed by atoms with Crippen molar-refractivity contribution in [3.63, 3.8) is 0 Å². The molecule has 7 nitrogen and oxygen atoms in total. The number of benzene rings is 1. The SMILES string of the molecule is COC(=O)c1ccc(S(=O)(=O)NCc2cc(C)ncn2)cc1. The monoisotopic (exact) mass is 321 g/mol. The zero-order chi connectivity index (χ0) is 16.2. The van der Waals surface area contributed by atoms with Gasteiger partial charge in [-0.3, -0.25) is 0 Å². The van der Waals surface area contributed by atoms with E-state index < -0.39 is 16.0 Å². The second-order valence-corrected chi connectivity index (χ2v) is 6.26. The van der Waals surface area contributed by atoms with E-state index in [4.69, 9.17) is 0 Å². The van der Waals surface area contributed by atoms with Gasteiger partial charge >= 0.3 is 5.97 Å². The standard InChI is InChI=1S/C14H15N3O4S/c1-10-7-12(16-9-15-10)8-17-22(19,20)13-5-3-11(4-6-13)14(18)21-2/h3-7,9,17H,8H2,1-2H3. The van der Waals surface area contributed by atoms with Crippen LogP contribution in [0, 0.1) is 6.92 Å². The maximum Gasteiger partial charge on any atom is 0.337 e. The van der Waals surface area contributed by atoms with E-state index in [2.05, 4.69) is 19.4 Å². The van der Waals surface area contributed by atoms with E-state index in [0.29, 0.717) is 5.69 Å². The molecule has 0 unspecified atom stereocenters. The number of hydrogen-bond donors (Lipinski definition) is 1. The van der Waals surface area contributed by atoms with Crippen LogP contribution in [-0.4, -0.2) is 31.5 Å². The number of rotatable bonds is 5. The third kappa shape index (κ3) is 3.86. The van der Waals surface area contributed by atoms with Crippen LogP contribution in [0.2, 0.25) is 0 Å². The Hall–Kier alpha value is -2.32. The van der Waals surface area contributed by atoms with Crippen molar-refractivity contribution in [2.45, 2.75) is 18.4 Å². The van der Waals surface area contributed by atoms with Crippen LogP contribution in [0.4, 0.5) is 0 Å². The van der Waals surface area contributed by atoms with Crippen LogP contribution >= 0.6 is 0 Å². The molecule has 0 saturated heterocycles. The Morgan fingerprint density at radius 2 is 1.91 bits per heavy atom. The normalized spacial score (nSPS) is 11.2. The average molecular weight is 321 g/mol. The topological polar surface area (TPSA) is 98.2 Å². The molecular formula is C14H15N3O4S. The van der Waals surface area contributed by atoms with Crippen molar-refractivity contribution in [1.82, 2.24) is 14.7 Å². The lowest BCUT2D eigenvalue weighted by atomic mass is 10.2. The van der Waals surface area contributed by atoms with Crippen LogP contribution in [0.3, 0.4) is 0 Å². The summed E-state index contributed by atoms with van der Waals surface area (Å²) in [5, 5.41) is 0. The molecular weight excluding hydrogens is 306 g/mol.